The van der Waals surface area contributed by atoms with Crippen LogP contribution >= 0.6 is 0 Å². The van der Waals surface area contributed by atoms with E-state index in [1.165, 1.54) is 37.0 Å². The van der Waals surface area contributed by atoms with E-state index in [9.17, 15) is 9.59 Å². The average Bonchev–Trinajstić information content (AvgIpc) is 2.33. The van der Waals surface area contributed by atoms with Crippen LogP contribution in [0.4, 0.5) is 0 Å². The predicted molar refractivity (Wildman–Crippen MR) is 81.7 cm³/mol. The molecule has 0 aromatic carbocycles. The van der Waals surface area contributed by atoms with Crippen LogP contribution in [0.15, 0.2) is 0 Å². The lowest BCUT2D eigenvalue weighted by Crippen LogP contribution is -2.48. The van der Waals surface area contributed by atoms with Crippen LogP contribution in [0, 0.1) is 0 Å². The minimum atomic E-state index is -0.951. The van der Waals surface area contributed by atoms with E-state index in [4.69, 9.17) is 5.11 Å². The molecular weight excluding hydrogens is 254 g/mol. The van der Waals surface area contributed by atoms with E-state index in [1.807, 2.05) is 20.8 Å². The first kappa shape index (κ1) is 18.9. The van der Waals surface area contributed by atoms with E-state index >= 15 is 0 Å². The molecular formula is C16H31NO3. The minimum absolute atomic E-state index is 0.0477. The number of aliphatic carboxylic acids is 1. The lowest BCUT2D eigenvalue weighted by molar-refractivity contribution is -0.148. The molecule has 0 aliphatic carbocycles. The highest BCUT2D eigenvalue weighted by molar-refractivity contribution is 5.82. The van der Waals surface area contributed by atoms with Crippen molar-refractivity contribution in [2.24, 2.45) is 0 Å². The van der Waals surface area contributed by atoms with Crippen LogP contribution in [-0.4, -0.2) is 34.0 Å². The largest absolute Gasteiger partial charge is 0.480 e. The third-order valence-electron chi connectivity index (χ3n) is 3.40. The van der Waals surface area contributed by atoms with Crippen molar-refractivity contribution in [1.82, 2.24) is 4.90 Å². The summed E-state index contributed by atoms with van der Waals surface area (Å²) in [5.74, 6) is -0.999. The monoisotopic (exact) mass is 285 g/mol. The smallest absolute Gasteiger partial charge is 0.323 e. The second-order valence-electron chi connectivity index (χ2n) is 6.42. The maximum atomic E-state index is 12.1. The van der Waals surface area contributed by atoms with Gasteiger partial charge in [-0.2, -0.15) is 0 Å². The first-order chi connectivity index (χ1) is 9.29. The van der Waals surface area contributed by atoms with Crippen molar-refractivity contribution in [3.63, 3.8) is 0 Å². The topological polar surface area (TPSA) is 57.6 Å². The lowest BCUT2D eigenvalue weighted by atomic mass is 10.0. The van der Waals surface area contributed by atoms with Crippen LogP contribution in [0.5, 0.6) is 0 Å². The first-order valence-electron chi connectivity index (χ1n) is 7.81. The summed E-state index contributed by atoms with van der Waals surface area (Å²) in [6.07, 6.45) is 8.58. The van der Waals surface area contributed by atoms with Crippen molar-refractivity contribution in [3.05, 3.63) is 0 Å². The number of nitrogens with zero attached hydrogens (tertiary/aromatic N) is 1. The molecule has 118 valence electrons. The summed E-state index contributed by atoms with van der Waals surface area (Å²) in [5.41, 5.74) is -0.434. The van der Waals surface area contributed by atoms with Gasteiger partial charge in [-0.05, 0) is 27.2 Å². The molecule has 0 fully saturated rings. The van der Waals surface area contributed by atoms with Crippen molar-refractivity contribution in [2.45, 2.75) is 84.6 Å². The molecule has 20 heavy (non-hydrogen) atoms. The number of hydrogen-bond donors (Lipinski definition) is 1. The van der Waals surface area contributed by atoms with Crippen LogP contribution < -0.4 is 0 Å². The highest BCUT2D eigenvalue weighted by Crippen LogP contribution is 2.16. The maximum Gasteiger partial charge on any atom is 0.323 e. The van der Waals surface area contributed by atoms with Crippen molar-refractivity contribution in [3.8, 4) is 0 Å². The molecule has 0 bridgehead atoms. The number of carboxylic acid groups (broad SMARTS) is 1. The molecule has 0 unspecified atom stereocenters. The highest BCUT2D eigenvalue weighted by atomic mass is 16.4. The molecule has 0 heterocycles. The maximum absolute atomic E-state index is 12.1. The van der Waals surface area contributed by atoms with Crippen LogP contribution in [0.3, 0.4) is 0 Å². The molecule has 0 radical (unpaired) electrons. The molecule has 0 aliphatic heterocycles. The molecule has 4 heteroatoms. The number of carboxylic acids is 1. The molecule has 0 saturated carbocycles. The standard InChI is InChI=1S/C16H31NO3/c1-5-6-7-8-9-10-11-12-14(18)17(13-15(19)20)16(2,3)4/h5-13H2,1-4H3,(H,19,20). The Hall–Kier alpha value is -1.06. The molecule has 0 rings (SSSR count). The van der Waals surface area contributed by atoms with Crippen LogP contribution in [-0.2, 0) is 9.59 Å². The molecule has 0 saturated heterocycles. The summed E-state index contributed by atoms with van der Waals surface area (Å²) in [7, 11) is 0. The molecule has 0 atom stereocenters. The van der Waals surface area contributed by atoms with Gasteiger partial charge in [0, 0.05) is 12.0 Å². The fourth-order valence-corrected chi connectivity index (χ4v) is 2.20. The number of rotatable bonds is 10. The Morgan fingerprint density at radius 1 is 0.950 bits per heavy atom. The fourth-order valence-electron chi connectivity index (χ4n) is 2.20. The zero-order valence-corrected chi connectivity index (χ0v) is 13.6. The summed E-state index contributed by atoms with van der Waals surface area (Å²) >= 11 is 0. The third kappa shape index (κ3) is 8.94. The van der Waals surface area contributed by atoms with Gasteiger partial charge in [0.2, 0.25) is 5.91 Å². The summed E-state index contributed by atoms with van der Waals surface area (Å²) < 4.78 is 0. The lowest BCUT2D eigenvalue weighted by Gasteiger charge is -2.34. The normalized spacial score (nSPS) is 11.4. The minimum Gasteiger partial charge on any atom is -0.480 e. The quantitative estimate of drug-likeness (QED) is 0.620. The average molecular weight is 285 g/mol. The van der Waals surface area contributed by atoms with E-state index in [-0.39, 0.29) is 12.5 Å². The Kier molecular flexibility index (Phi) is 9.26. The van der Waals surface area contributed by atoms with Crippen LogP contribution in [0.25, 0.3) is 0 Å². The molecule has 1 amide bonds. The van der Waals surface area contributed by atoms with E-state index in [2.05, 4.69) is 6.92 Å². The summed E-state index contributed by atoms with van der Waals surface area (Å²) in [6, 6.07) is 0. The van der Waals surface area contributed by atoms with Crippen molar-refractivity contribution >= 4 is 11.9 Å². The number of unbranched alkanes of at least 4 members (excludes halogenated alkanes) is 6. The summed E-state index contributed by atoms with van der Waals surface area (Å²) in [5, 5.41) is 8.89. The molecule has 0 aromatic heterocycles. The Morgan fingerprint density at radius 3 is 1.90 bits per heavy atom. The Bertz CT molecular complexity index is 295. The van der Waals surface area contributed by atoms with Gasteiger partial charge >= 0.3 is 5.97 Å². The fraction of sp³-hybridized carbons (Fsp3) is 0.875. The number of amides is 1. The van der Waals surface area contributed by atoms with Crippen LogP contribution in [0.1, 0.15) is 79.1 Å². The molecule has 4 nitrogen and oxygen atoms in total. The molecule has 1 N–H and O–H groups in total. The van der Waals surface area contributed by atoms with Crippen molar-refractivity contribution in [1.29, 1.82) is 0 Å². The van der Waals surface area contributed by atoms with Crippen molar-refractivity contribution in [2.75, 3.05) is 6.54 Å². The van der Waals surface area contributed by atoms with Gasteiger partial charge in [-0.15, -0.1) is 0 Å². The first-order valence-corrected chi connectivity index (χ1v) is 7.81. The van der Waals surface area contributed by atoms with E-state index < -0.39 is 11.5 Å². The Balaban J connectivity index is 3.99. The van der Waals surface area contributed by atoms with Gasteiger partial charge in [-0.1, -0.05) is 45.4 Å². The van der Waals surface area contributed by atoms with Gasteiger partial charge in [0.1, 0.15) is 6.54 Å². The van der Waals surface area contributed by atoms with E-state index in [1.54, 1.807) is 0 Å². The molecule has 0 spiro atoms. The van der Waals surface area contributed by atoms with Gasteiger partial charge in [-0.3, -0.25) is 9.59 Å². The second kappa shape index (κ2) is 9.78. The van der Waals surface area contributed by atoms with Crippen molar-refractivity contribution < 1.29 is 14.7 Å². The predicted octanol–water partition coefficient (Wildman–Crippen LogP) is 3.84. The molecule has 0 aromatic rings. The zero-order valence-electron chi connectivity index (χ0n) is 13.6. The second-order valence-corrected chi connectivity index (χ2v) is 6.42. The van der Waals surface area contributed by atoms with Gasteiger partial charge in [0.15, 0.2) is 0 Å². The number of carbonyl (C=O) groups excluding carboxylic acids is 1. The van der Waals surface area contributed by atoms with Gasteiger partial charge in [-0.25, -0.2) is 0 Å². The van der Waals surface area contributed by atoms with E-state index in [0.717, 1.165) is 12.8 Å². The summed E-state index contributed by atoms with van der Waals surface area (Å²) in [4.78, 5) is 24.4. The van der Waals surface area contributed by atoms with Gasteiger partial charge < -0.3 is 10.0 Å². The zero-order chi connectivity index (χ0) is 15.6. The SMILES string of the molecule is CCCCCCCCCC(=O)N(CC(=O)O)C(C)(C)C. The molecule has 0 aliphatic rings. The third-order valence-corrected chi connectivity index (χ3v) is 3.40. The highest BCUT2D eigenvalue weighted by Gasteiger charge is 2.27. The Labute approximate surface area is 123 Å². The van der Waals surface area contributed by atoms with E-state index in [0.29, 0.717) is 6.42 Å². The number of hydrogen-bond acceptors (Lipinski definition) is 2. The van der Waals surface area contributed by atoms with Gasteiger partial charge in [0.05, 0.1) is 0 Å². The van der Waals surface area contributed by atoms with Gasteiger partial charge in [0.25, 0.3) is 0 Å². The Morgan fingerprint density at radius 2 is 1.45 bits per heavy atom. The number of carbonyl (C=O) groups is 2. The van der Waals surface area contributed by atoms with Crippen LogP contribution in [0.2, 0.25) is 0 Å². The summed E-state index contributed by atoms with van der Waals surface area (Å²) in [6.45, 7) is 7.61.